The van der Waals surface area contributed by atoms with E-state index in [9.17, 15) is 0 Å². The number of aromatic amines is 1. The maximum atomic E-state index is 4.94. The van der Waals surface area contributed by atoms with Gasteiger partial charge >= 0.3 is 0 Å². The first-order valence-electron chi connectivity index (χ1n) is 3.14. The number of aryl methyl sites for hydroxylation is 1. The lowest BCUT2D eigenvalue weighted by atomic mass is 10.5. The lowest BCUT2D eigenvalue weighted by molar-refractivity contribution is 0.876. The minimum atomic E-state index is 0.546. The van der Waals surface area contributed by atoms with Crippen molar-refractivity contribution in [3.8, 4) is 0 Å². The Hall–Kier alpha value is -1.23. The van der Waals surface area contributed by atoms with E-state index in [1.807, 2.05) is 7.05 Å². The second-order valence-corrected chi connectivity index (χ2v) is 2.60. The first-order chi connectivity index (χ1) is 5.29. The van der Waals surface area contributed by atoms with Crippen LogP contribution in [0.3, 0.4) is 0 Å². The molecular formula is C6H6N4S. The molecule has 0 fully saturated rings. The van der Waals surface area contributed by atoms with E-state index in [0.717, 1.165) is 11.2 Å². The quantitative estimate of drug-likeness (QED) is 0.594. The van der Waals surface area contributed by atoms with Crippen molar-refractivity contribution in [1.29, 1.82) is 0 Å². The summed E-state index contributed by atoms with van der Waals surface area (Å²) in [6, 6.07) is 0. The molecule has 1 N–H and O–H groups in total. The van der Waals surface area contributed by atoms with E-state index in [1.54, 1.807) is 17.1 Å². The molecule has 2 heterocycles. The van der Waals surface area contributed by atoms with Crippen LogP contribution in [0.15, 0.2) is 12.5 Å². The zero-order chi connectivity index (χ0) is 7.84. The van der Waals surface area contributed by atoms with E-state index >= 15 is 0 Å². The fraction of sp³-hybridized carbons (Fsp3) is 0.167. The van der Waals surface area contributed by atoms with Crippen LogP contribution < -0.4 is 0 Å². The van der Waals surface area contributed by atoms with E-state index < -0.39 is 0 Å². The number of aromatic nitrogens is 4. The van der Waals surface area contributed by atoms with Crippen molar-refractivity contribution in [3.05, 3.63) is 17.3 Å². The molecule has 0 spiro atoms. The Bertz CT molecular complexity index is 441. The van der Waals surface area contributed by atoms with Crippen LogP contribution in [0.4, 0.5) is 0 Å². The minimum Gasteiger partial charge on any atom is -0.342 e. The van der Waals surface area contributed by atoms with E-state index in [2.05, 4.69) is 15.0 Å². The van der Waals surface area contributed by atoms with Crippen molar-refractivity contribution in [1.82, 2.24) is 19.5 Å². The molecule has 2 aromatic heterocycles. The Morgan fingerprint density at radius 3 is 3.18 bits per heavy atom. The third kappa shape index (κ3) is 0.848. The Labute approximate surface area is 67.9 Å². The molecule has 0 aliphatic rings. The molecule has 0 amide bonds. The number of nitrogens with zero attached hydrogens (tertiary/aromatic N) is 3. The molecule has 0 aliphatic carbocycles. The highest BCUT2D eigenvalue weighted by Crippen LogP contribution is 2.04. The lowest BCUT2D eigenvalue weighted by Gasteiger charge is -1.96. The molecule has 0 radical (unpaired) electrons. The molecule has 0 saturated heterocycles. The number of hydrogen-bond acceptors (Lipinski definition) is 3. The van der Waals surface area contributed by atoms with Crippen LogP contribution in [-0.4, -0.2) is 19.5 Å². The third-order valence-electron chi connectivity index (χ3n) is 1.56. The zero-order valence-corrected chi connectivity index (χ0v) is 6.72. The summed E-state index contributed by atoms with van der Waals surface area (Å²) in [6.07, 6.45) is 3.31. The maximum Gasteiger partial charge on any atom is 0.200 e. The monoisotopic (exact) mass is 166 g/mol. The van der Waals surface area contributed by atoms with E-state index in [4.69, 9.17) is 12.2 Å². The Morgan fingerprint density at radius 2 is 2.36 bits per heavy atom. The van der Waals surface area contributed by atoms with E-state index in [-0.39, 0.29) is 0 Å². The van der Waals surface area contributed by atoms with Crippen LogP contribution in [0.2, 0.25) is 0 Å². The largest absolute Gasteiger partial charge is 0.342 e. The van der Waals surface area contributed by atoms with Gasteiger partial charge in [-0.25, -0.2) is 9.97 Å². The van der Waals surface area contributed by atoms with Gasteiger partial charge in [0.05, 0.1) is 12.5 Å². The van der Waals surface area contributed by atoms with Gasteiger partial charge in [-0.3, -0.25) is 0 Å². The van der Waals surface area contributed by atoms with Gasteiger partial charge in [-0.1, -0.05) is 0 Å². The molecule has 5 heteroatoms. The number of H-pyrrole nitrogens is 1. The predicted octanol–water partition coefficient (Wildman–Crippen LogP) is 1.03. The molecule has 11 heavy (non-hydrogen) atoms. The fourth-order valence-corrected chi connectivity index (χ4v) is 1.10. The van der Waals surface area contributed by atoms with Crippen molar-refractivity contribution >= 4 is 23.4 Å². The molecule has 0 aliphatic heterocycles. The summed E-state index contributed by atoms with van der Waals surface area (Å²) in [7, 11) is 1.85. The molecule has 0 unspecified atom stereocenters. The molecular weight excluding hydrogens is 160 g/mol. The van der Waals surface area contributed by atoms with E-state index in [0.29, 0.717) is 4.77 Å². The summed E-state index contributed by atoms with van der Waals surface area (Å²) in [5, 5.41) is 0. The van der Waals surface area contributed by atoms with E-state index in [1.165, 1.54) is 0 Å². The van der Waals surface area contributed by atoms with Gasteiger partial charge in [-0.05, 0) is 12.2 Å². The number of nitrogens with one attached hydrogen (secondary N) is 1. The summed E-state index contributed by atoms with van der Waals surface area (Å²) in [6.45, 7) is 0. The van der Waals surface area contributed by atoms with Gasteiger partial charge in [0.1, 0.15) is 5.52 Å². The fourth-order valence-electron chi connectivity index (χ4n) is 0.956. The van der Waals surface area contributed by atoms with Gasteiger partial charge in [0.2, 0.25) is 4.77 Å². The minimum absolute atomic E-state index is 0.546. The standard InChI is InChI=1S/C6H6N4S/c1-10-5-4(8-3-9-5)2-7-6(10)11/h2-3H,1H3,(H,8,9). The number of hydrogen-bond donors (Lipinski definition) is 1. The second-order valence-electron chi connectivity index (χ2n) is 2.24. The molecule has 2 aromatic rings. The zero-order valence-electron chi connectivity index (χ0n) is 5.90. The summed E-state index contributed by atoms with van der Waals surface area (Å²) < 4.78 is 2.31. The van der Waals surface area contributed by atoms with Crippen molar-refractivity contribution in [2.24, 2.45) is 7.05 Å². The normalized spacial score (nSPS) is 10.6. The first-order valence-corrected chi connectivity index (χ1v) is 3.55. The summed E-state index contributed by atoms with van der Waals surface area (Å²) >= 11 is 4.94. The average Bonchev–Trinajstić information content (AvgIpc) is 2.45. The molecule has 56 valence electrons. The van der Waals surface area contributed by atoms with Gasteiger partial charge in [-0.2, -0.15) is 0 Å². The number of rotatable bonds is 0. The van der Waals surface area contributed by atoms with Crippen LogP contribution in [0.1, 0.15) is 0 Å². The summed E-state index contributed by atoms with van der Waals surface area (Å²) in [4.78, 5) is 11.0. The highest BCUT2D eigenvalue weighted by Gasteiger charge is 1.97. The lowest BCUT2D eigenvalue weighted by Crippen LogP contribution is -1.96. The van der Waals surface area contributed by atoms with Crippen LogP contribution in [0, 0.1) is 4.77 Å². The smallest absolute Gasteiger partial charge is 0.200 e. The van der Waals surface area contributed by atoms with Crippen LogP contribution in [0.25, 0.3) is 11.2 Å². The Balaban J connectivity index is 3.04. The van der Waals surface area contributed by atoms with Gasteiger partial charge in [0.15, 0.2) is 5.65 Å². The van der Waals surface area contributed by atoms with Gasteiger partial charge < -0.3 is 9.55 Å². The van der Waals surface area contributed by atoms with Gasteiger partial charge in [0, 0.05) is 7.05 Å². The number of imidazole rings is 1. The van der Waals surface area contributed by atoms with Crippen molar-refractivity contribution in [2.45, 2.75) is 0 Å². The molecule has 2 rings (SSSR count). The van der Waals surface area contributed by atoms with Crippen molar-refractivity contribution in [2.75, 3.05) is 0 Å². The average molecular weight is 166 g/mol. The number of fused-ring (bicyclic) bond motifs is 1. The molecule has 0 bridgehead atoms. The second kappa shape index (κ2) is 2.13. The predicted molar refractivity (Wildman–Crippen MR) is 43.7 cm³/mol. The SMILES string of the molecule is Cn1c(=S)ncc2[nH]cnc21. The molecule has 4 nitrogen and oxygen atoms in total. The Kier molecular flexibility index (Phi) is 1.25. The van der Waals surface area contributed by atoms with Gasteiger partial charge in [0.25, 0.3) is 0 Å². The van der Waals surface area contributed by atoms with Crippen LogP contribution in [-0.2, 0) is 7.05 Å². The topological polar surface area (TPSA) is 46.5 Å². The summed E-state index contributed by atoms with van der Waals surface area (Å²) in [5.41, 5.74) is 1.74. The van der Waals surface area contributed by atoms with Crippen molar-refractivity contribution < 1.29 is 0 Å². The highest BCUT2D eigenvalue weighted by atomic mass is 32.1. The third-order valence-corrected chi connectivity index (χ3v) is 1.94. The maximum absolute atomic E-state index is 4.94. The van der Waals surface area contributed by atoms with Crippen LogP contribution >= 0.6 is 12.2 Å². The summed E-state index contributed by atoms with van der Waals surface area (Å²) in [5.74, 6) is 0. The highest BCUT2D eigenvalue weighted by molar-refractivity contribution is 7.71. The molecule has 0 saturated carbocycles. The Morgan fingerprint density at radius 1 is 1.55 bits per heavy atom. The molecule has 0 atom stereocenters. The first kappa shape index (κ1) is 6.48. The van der Waals surface area contributed by atoms with Crippen LogP contribution in [0.5, 0.6) is 0 Å². The van der Waals surface area contributed by atoms with Crippen molar-refractivity contribution in [3.63, 3.8) is 0 Å². The molecule has 0 aromatic carbocycles. The van der Waals surface area contributed by atoms with Gasteiger partial charge in [-0.15, -0.1) is 0 Å².